The normalized spacial score (nSPS) is 11.7. The molecule has 2 rings (SSSR count). The van der Waals surface area contributed by atoms with E-state index in [1.165, 1.54) is 6.92 Å². The van der Waals surface area contributed by atoms with E-state index in [1.54, 1.807) is 42.5 Å². The molecule has 0 fully saturated rings. The highest BCUT2D eigenvalue weighted by Crippen LogP contribution is 2.30. The van der Waals surface area contributed by atoms with E-state index in [-0.39, 0.29) is 23.3 Å². The average molecular weight is 386 g/mol. The number of anilines is 1. The maximum Gasteiger partial charge on any atom is 0.226 e. The molecule has 0 bridgehead atoms. The van der Waals surface area contributed by atoms with Gasteiger partial charge in [0, 0.05) is 11.9 Å². The zero-order chi connectivity index (χ0) is 17.7. The summed E-state index contributed by atoms with van der Waals surface area (Å²) in [5.74, 6) is -0.531. The Bertz CT molecular complexity index is 748. The van der Waals surface area contributed by atoms with Crippen molar-refractivity contribution in [1.82, 2.24) is 5.32 Å². The Kier molecular flexibility index (Phi) is 6.49. The Morgan fingerprint density at radius 3 is 2.33 bits per heavy atom. The first kappa shape index (κ1) is 18.6. The van der Waals surface area contributed by atoms with Crippen molar-refractivity contribution in [3.63, 3.8) is 0 Å². The maximum atomic E-state index is 12.3. The van der Waals surface area contributed by atoms with Gasteiger partial charge in [-0.2, -0.15) is 0 Å². The number of halogens is 3. The smallest absolute Gasteiger partial charge is 0.226 e. The largest absolute Gasteiger partial charge is 0.349 e. The summed E-state index contributed by atoms with van der Waals surface area (Å²) in [6.07, 6.45) is 0.0457. The van der Waals surface area contributed by atoms with Crippen LogP contribution >= 0.6 is 34.8 Å². The molecule has 7 heteroatoms. The molecule has 0 aliphatic heterocycles. The Balaban J connectivity index is 2.13. The van der Waals surface area contributed by atoms with Crippen LogP contribution in [0.3, 0.4) is 0 Å². The van der Waals surface area contributed by atoms with Gasteiger partial charge in [-0.1, -0.05) is 53.0 Å². The number of hydrogen-bond donors (Lipinski definition) is 2. The zero-order valence-electron chi connectivity index (χ0n) is 12.8. The number of hydrogen-bond acceptors (Lipinski definition) is 2. The summed E-state index contributed by atoms with van der Waals surface area (Å²) in [7, 11) is 0. The van der Waals surface area contributed by atoms with Crippen molar-refractivity contribution in [1.29, 1.82) is 0 Å². The van der Waals surface area contributed by atoms with Gasteiger partial charge in [0.15, 0.2) is 0 Å². The quantitative estimate of drug-likeness (QED) is 0.772. The fraction of sp³-hybridized carbons (Fsp3) is 0.176. The molecule has 0 aliphatic carbocycles. The number of rotatable bonds is 5. The molecule has 0 saturated heterocycles. The molecule has 0 aromatic heterocycles. The van der Waals surface area contributed by atoms with Crippen LogP contribution in [0, 0.1) is 0 Å². The van der Waals surface area contributed by atoms with E-state index in [9.17, 15) is 9.59 Å². The van der Waals surface area contributed by atoms with E-state index in [0.717, 1.165) is 5.56 Å². The van der Waals surface area contributed by atoms with Gasteiger partial charge < -0.3 is 10.6 Å². The second-order valence-corrected chi connectivity index (χ2v) is 6.38. The Labute approximate surface area is 155 Å². The predicted octanol–water partition coefficient (Wildman–Crippen LogP) is 4.85. The molecule has 2 N–H and O–H groups in total. The van der Waals surface area contributed by atoms with Crippen LogP contribution in [0.15, 0.2) is 42.5 Å². The summed E-state index contributed by atoms with van der Waals surface area (Å²) >= 11 is 17.9. The van der Waals surface area contributed by atoms with Gasteiger partial charge in [0.1, 0.15) is 0 Å². The van der Waals surface area contributed by atoms with Gasteiger partial charge in [-0.15, -0.1) is 0 Å². The lowest BCUT2D eigenvalue weighted by Gasteiger charge is -2.18. The predicted molar refractivity (Wildman–Crippen MR) is 97.7 cm³/mol. The van der Waals surface area contributed by atoms with E-state index < -0.39 is 6.04 Å². The third-order valence-corrected chi connectivity index (χ3v) is 4.34. The van der Waals surface area contributed by atoms with Crippen molar-refractivity contribution in [3.8, 4) is 0 Å². The number of amides is 2. The fourth-order valence-corrected chi connectivity index (χ4v) is 2.65. The van der Waals surface area contributed by atoms with E-state index in [2.05, 4.69) is 10.6 Å². The molecule has 126 valence electrons. The number of benzene rings is 2. The highest BCUT2D eigenvalue weighted by atomic mass is 35.5. The van der Waals surface area contributed by atoms with Crippen molar-refractivity contribution in [2.75, 3.05) is 5.32 Å². The molecule has 0 radical (unpaired) electrons. The Hall–Kier alpha value is -1.75. The zero-order valence-corrected chi connectivity index (χ0v) is 15.0. The SMILES string of the molecule is CC(=O)NC(CC(=O)Nc1cccc(Cl)c1Cl)c1ccc(Cl)cc1. The maximum absolute atomic E-state index is 12.3. The molecule has 1 atom stereocenters. The minimum Gasteiger partial charge on any atom is -0.349 e. The second-order valence-electron chi connectivity index (χ2n) is 5.16. The number of carbonyl (C=O) groups is 2. The van der Waals surface area contributed by atoms with Crippen LogP contribution in [0.5, 0.6) is 0 Å². The van der Waals surface area contributed by atoms with Crippen molar-refractivity contribution in [2.24, 2.45) is 0 Å². The average Bonchev–Trinajstić information content (AvgIpc) is 2.51. The van der Waals surface area contributed by atoms with Crippen molar-refractivity contribution in [2.45, 2.75) is 19.4 Å². The van der Waals surface area contributed by atoms with Gasteiger partial charge in [-0.05, 0) is 29.8 Å². The summed E-state index contributed by atoms with van der Waals surface area (Å²) in [5, 5.41) is 6.66. The van der Waals surface area contributed by atoms with Crippen LogP contribution in [0.25, 0.3) is 0 Å². The van der Waals surface area contributed by atoms with Crippen LogP contribution in [-0.2, 0) is 9.59 Å². The summed E-state index contributed by atoms with van der Waals surface area (Å²) in [6, 6.07) is 11.4. The van der Waals surface area contributed by atoms with Gasteiger partial charge in [0.05, 0.1) is 28.2 Å². The molecular formula is C17H15Cl3N2O2. The third-order valence-electron chi connectivity index (χ3n) is 3.27. The molecule has 1 unspecified atom stereocenters. The Morgan fingerprint density at radius 1 is 1.04 bits per heavy atom. The lowest BCUT2D eigenvalue weighted by molar-refractivity contribution is -0.120. The first-order valence-electron chi connectivity index (χ1n) is 7.13. The Morgan fingerprint density at radius 2 is 1.71 bits per heavy atom. The van der Waals surface area contributed by atoms with Crippen LogP contribution in [0.2, 0.25) is 15.1 Å². The minimum atomic E-state index is -0.474. The first-order valence-corrected chi connectivity index (χ1v) is 8.26. The number of carbonyl (C=O) groups excluding carboxylic acids is 2. The van der Waals surface area contributed by atoms with Gasteiger partial charge in [-0.25, -0.2) is 0 Å². The summed E-state index contributed by atoms with van der Waals surface area (Å²) in [6.45, 7) is 1.40. The molecule has 2 aromatic rings. The van der Waals surface area contributed by atoms with E-state index in [0.29, 0.717) is 15.7 Å². The molecule has 24 heavy (non-hydrogen) atoms. The fourth-order valence-electron chi connectivity index (χ4n) is 2.18. The molecule has 2 aromatic carbocycles. The van der Waals surface area contributed by atoms with Gasteiger partial charge in [0.25, 0.3) is 0 Å². The standard InChI is InChI=1S/C17H15Cl3N2O2/c1-10(23)21-15(11-5-7-12(18)8-6-11)9-16(24)22-14-4-2-3-13(19)17(14)20/h2-8,15H,9H2,1H3,(H,21,23)(H,22,24). The van der Waals surface area contributed by atoms with Crippen LogP contribution in [0.4, 0.5) is 5.69 Å². The highest BCUT2D eigenvalue weighted by Gasteiger charge is 2.18. The van der Waals surface area contributed by atoms with E-state index in [4.69, 9.17) is 34.8 Å². The topological polar surface area (TPSA) is 58.2 Å². The molecule has 4 nitrogen and oxygen atoms in total. The summed E-state index contributed by atoms with van der Waals surface area (Å²) < 4.78 is 0. The molecule has 0 heterocycles. The molecule has 0 spiro atoms. The van der Waals surface area contributed by atoms with Crippen molar-refractivity contribution in [3.05, 3.63) is 63.1 Å². The lowest BCUT2D eigenvalue weighted by Crippen LogP contribution is -2.29. The first-order chi connectivity index (χ1) is 11.4. The molecule has 2 amide bonds. The molecule has 0 saturated carbocycles. The van der Waals surface area contributed by atoms with Gasteiger partial charge in [0.2, 0.25) is 11.8 Å². The third kappa shape index (κ3) is 5.13. The van der Waals surface area contributed by atoms with E-state index >= 15 is 0 Å². The van der Waals surface area contributed by atoms with Gasteiger partial charge in [-0.3, -0.25) is 9.59 Å². The monoisotopic (exact) mass is 384 g/mol. The van der Waals surface area contributed by atoms with Crippen molar-refractivity contribution < 1.29 is 9.59 Å². The minimum absolute atomic E-state index is 0.0457. The lowest BCUT2D eigenvalue weighted by atomic mass is 10.0. The van der Waals surface area contributed by atoms with Crippen LogP contribution in [0.1, 0.15) is 24.9 Å². The second kappa shape index (κ2) is 8.38. The summed E-state index contributed by atoms with van der Waals surface area (Å²) in [4.78, 5) is 23.7. The van der Waals surface area contributed by atoms with Crippen molar-refractivity contribution >= 4 is 52.3 Å². The van der Waals surface area contributed by atoms with Crippen LogP contribution < -0.4 is 10.6 Å². The van der Waals surface area contributed by atoms with Gasteiger partial charge >= 0.3 is 0 Å². The number of nitrogens with one attached hydrogen (secondary N) is 2. The molecule has 0 aliphatic rings. The molecular weight excluding hydrogens is 371 g/mol. The summed E-state index contributed by atoms with van der Waals surface area (Å²) in [5.41, 5.74) is 1.20. The van der Waals surface area contributed by atoms with E-state index in [1.807, 2.05) is 0 Å². The highest BCUT2D eigenvalue weighted by molar-refractivity contribution is 6.44. The van der Waals surface area contributed by atoms with Crippen LogP contribution in [-0.4, -0.2) is 11.8 Å².